The van der Waals surface area contributed by atoms with Crippen molar-refractivity contribution in [3.05, 3.63) is 29.6 Å². The van der Waals surface area contributed by atoms with E-state index in [1.807, 2.05) is 0 Å². The molecule has 0 radical (unpaired) electrons. The zero-order valence-corrected chi connectivity index (χ0v) is 10.1. The number of carbonyl (C=O) groups excluding carboxylic acids is 2. The van der Waals surface area contributed by atoms with Crippen LogP contribution in [0.5, 0.6) is 0 Å². The molecule has 2 N–H and O–H groups in total. The van der Waals surface area contributed by atoms with Gasteiger partial charge in [-0.05, 0) is 32.0 Å². The molecular formula is C12H14FNO4. The summed E-state index contributed by atoms with van der Waals surface area (Å²) in [5, 5.41) is 0. The molecule has 0 heterocycles. The van der Waals surface area contributed by atoms with Crippen molar-refractivity contribution in [3.63, 3.8) is 0 Å². The molecule has 0 bridgehead atoms. The Hall–Kier alpha value is -2.11. The molecule has 0 saturated carbocycles. The van der Waals surface area contributed by atoms with Crippen LogP contribution in [0.3, 0.4) is 0 Å². The van der Waals surface area contributed by atoms with Crippen LogP contribution in [0.1, 0.15) is 24.2 Å². The predicted molar refractivity (Wildman–Crippen MR) is 62.3 cm³/mol. The molecule has 1 unspecified atom stereocenters. The zero-order chi connectivity index (χ0) is 13.7. The van der Waals surface area contributed by atoms with Crippen LogP contribution in [0, 0.1) is 5.82 Å². The molecule has 6 heteroatoms. The van der Waals surface area contributed by atoms with Crippen molar-refractivity contribution in [3.8, 4) is 0 Å². The minimum Gasteiger partial charge on any atom is -0.463 e. The maximum Gasteiger partial charge on any atom is 0.347 e. The van der Waals surface area contributed by atoms with Crippen LogP contribution < -0.4 is 5.73 Å². The van der Waals surface area contributed by atoms with Gasteiger partial charge in [0.25, 0.3) is 0 Å². The first-order chi connectivity index (χ1) is 8.43. The molecule has 18 heavy (non-hydrogen) atoms. The van der Waals surface area contributed by atoms with Gasteiger partial charge in [-0.25, -0.2) is 14.0 Å². The van der Waals surface area contributed by atoms with Crippen molar-refractivity contribution in [2.75, 3.05) is 12.3 Å². The van der Waals surface area contributed by atoms with E-state index in [0.717, 1.165) is 12.1 Å². The Morgan fingerprint density at radius 1 is 1.39 bits per heavy atom. The number of anilines is 1. The first kappa shape index (κ1) is 14.0. The molecule has 1 aromatic rings. The van der Waals surface area contributed by atoms with Gasteiger partial charge in [-0.15, -0.1) is 0 Å². The third-order valence-electron chi connectivity index (χ3n) is 2.06. The van der Waals surface area contributed by atoms with Crippen molar-refractivity contribution < 1.29 is 23.5 Å². The molecule has 1 atom stereocenters. The van der Waals surface area contributed by atoms with E-state index in [2.05, 4.69) is 4.74 Å². The van der Waals surface area contributed by atoms with E-state index in [1.54, 1.807) is 6.92 Å². The van der Waals surface area contributed by atoms with Gasteiger partial charge in [0.2, 0.25) is 0 Å². The number of hydrogen-bond acceptors (Lipinski definition) is 5. The summed E-state index contributed by atoms with van der Waals surface area (Å²) >= 11 is 0. The molecule has 0 amide bonds. The Morgan fingerprint density at radius 2 is 2.06 bits per heavy atom. The molecule has 5 nitrogen and oxygen atoms in total. The van der Waals surface area contributed by atoms with Gasteiger partial charge in [-0.3, -0.25) is 0 Å². The third kappa shape index (κ3) is 3.73. The molecule has 0 spiro atoms. The number of rotatable bonds is 4. The van der Waals surface area contributed by atoms with Gasteiger partial charge in [0.1, 0.15) is 5.82 Å². The Labute approximate surface area is 104 Å². The summed E-state index contributed by atoms with van der Waals surface area (Å²) in [5.74, 6) is -2.14. The standard InChI is InChI=1S/C12H14FNO4/c1-3-17-11(15)7(2)18-12(16)8-4-9(13)6-10(14)5-8/h4-7H,3,14H2,1-2H3. The predicted octanol–water partition coefficient (Wildman–Crippen LogP) is 1.52. The highest BCUT2D eigenvalue weighted by atomic mass is 19.1. The van der Waals surface area contributed by atoms with Crippen LogP contribution in [-0.4, -0.2) is 24.6 Å². The smallest absolute Gasteiger partial charge is 0.347 e. The third-order valence-corrected chi connectivity index (χ3v) is 2.06. The fourth-order valence-electron chi connectivity index (χ4n) is 1.27. The van der Waals surface area contributed by atoms with Gasteiger partial charge < -0.3 is 15.2 Å². The molecular weight excluding hydrogens is 241 g/mol. The Bertz CT molecular complexity index is 441. The van der Waals surface area contributed by atoms with Crippen LogP contribution >= 0.6 is 0 Å². The first-order valence-corrected chi connectivity index (χ1v) is 5.37. The number of ether oxygens (including phenoxy) is 2. The minimum atomic E-state index is -1.05. The van der Waals surface area contributed by atoms with Gasteiger partial charge in [-0.2, -0.15) is 0 Å². The zero-order valence-electron chi connectivity index (χ0n) is 10.1. The van der Waals surface area contributed by atoms with E-state index in [4.69, 9.17) is 10.5 Å². The lowest BCUT2D eigenvalue weighted by Crippen LogP contribution is -2.26. The monoisotopic (exact) mass is 255 g/mol. The van der Waals surface area contributed by atoms with E-state index in [0.29, 0.717) is 0 Å². The second-order valence-electron chi connectivity index (χ2n) is 3.57. The lowest BCUT2D eigenvalue weighted by Gasteiger charge is -2.12. The fourth-order valence-corrected chi connectivity index (χ4v) is 1.27. The van der Waals surface area contributed by atoms with Crippen LogP contribution in [0.4, 0.5) is 10.1 Å². The highest BCUT2D eigenvalue weighted by molar-refractivity contribution is 5.92. The van der Waals surface area contributed by atoms with Crippen LogP contribution in [0.15, 0.2) is 18.2 Å². The lowest BCUT2D eigenvalue weighted by molar-refractivity contribution is -0.152. The molecule has 1 rings (SSSR count). The lowest BCUT2D eigenvalue weighted by atomic mass is 10.2. The summed E-state index contributed by atoms with van der Waals surface area (Å²) in [4.78, 5) is 22.9. The number of carbonyl (C=O) groups is 2. The average molecular weight is 255 g/mol. The number of benzene rings is 1. The van der Waals surface area contributed by atoms with Crippen molar-refractivity contribution >= 4 is 17.6 Å². The summed E-state index contributed by atoms with van der Waals surface area (Å²) in [6.45, 7) is 3.20. The molecule has 1 aromatic carbocycles. The van der Waals surface area contributed by atoms with E-state index in [9.17, 15) is 14.0 Å². The number of nitrogens with two attached hydrogens (primary N) is 1. The highest BCUT2D eigenvalue weighted by Crippen LogP contribution is 2.13. The van der Waals surface area contributed by atoms with E-state index < -0.39 is 23.9 Å². The maximum absolute atomic E-state index is 13.0. The molecule has 0 aliphatic carbocycles. The van der Waals surface area contributed by atoms with Crippen LogP contribution in [0.25, 0.3) is 0 Å². The van der Waals surface area contributed by atoms with Gasteiger partial charge >= 0.3 is 11.9 Å². The van der Waals surface area contributed by atoms with Crippen molar-refractivity contribution in [1.29, 1.82) is 0 Å². The minimum absolute atomic E-state index is 0.0522. The average Bonchev–Trinajstić information content (AvgIpc) is 2.27. The summed E-state index contributed by atoms with van der Waals surface area (Å²) in [7, 11) is 0. The van der Waals surface area contributed by atoms with Crippen LogP contribution in [0.2, 0.25) is 0 Å². The number of nitrogen functional groups attached to an aromatic ring is 1. The van der Waals surface area contributed by atoms with Crippen molar-refractivity contribution in [2.24, 2.45) is 0 Å². The summed E-state index contributed by atoms with van der Waals surface area (Å²) in [6, 6.07) is 3.32. The normalized spacial score (nSPS) is 11.7. The van der Waals surface area contributed by atoms with Gasteiger partial charge in [0, 0.05) is 5.69 Å². The fraction of sp³-hybridized carbons (Fsp3) is 0.333. The molecule has 0 saturated heterocycles. The largest absolute Gasteiger partial charge is 0.463 e. The summed E-state index contributed by atoms with van der Waals surface area (Å²) < 4.78 is 22.5. The summed E-state index contributed by atoms with van der Waals surface area (Å²) in [5.41, 5.74) is 5.45. The number of halogens is 1. The Balaban J connectivity index is 2.73. The van der Waals surface area contributed by atoms with Gasteiger partial charge in [-0.1, -0.05) is 0 Å². The molecule has 0 aliphatic heterocycles. The molecule has 0 aromatic heterocycles. The quantitative estimate of drug-likeness (QED) is 0.651. The highest BCUT2D eigenvalue weighted by Gasteiger charge is 2.20. The van der Waals surface area contributed by atoms with E-state index >= 15 is 0 Å². The van der Waals surface area contributed by atoms with Gasteiger partial charge in [0.05, 0.1) is 12.2 Å². The maximum atomic E-state index is 13.0. The van der Waals surface area contributed by atoms with Crippen molar-refractivity contribution in [2.45, 2.75) is 20.0 Å². The number of hydrogen-bond donors (Lipinski definition) is 1. The second kappa shape index (κ2) is 6.00. The topological polar surface area (TPSA) is 78.6 Å². The van der Waals surface area contributed by atoms with Gasteiger partial charge in [0.15, 0.2) is 6.10 Å². The van der Waals surface area contributed by atoms with E-state index in [-0.39, 0.29) is 17.9 Å². The van der Waals surface area contributed by atoms with Crippen molar-refractivity contribution in [1.82, 2.24) is 0 Å². The number of esters is 2. The molecule has 0 aliphatic rings. The second-order valence-corrected chi connectivity index (χ2v) is 3.57. The first-order valence-electron chi connectivity index (χ1n) is 5.37. The summed E-state index contributed by atoms with van der Waals surface area (Å²) in [6.07, 6.45) is -1.05. The molecule has 0 fully saturated rings. The van der Waals surface area contributed by atoms with E-state index in [1.165, 1.54) is 13.0 Å². The Kier molecular flexibility index (Phi) is 4.65. The Morgan fingerprint density at radius 3 is 2.61 bits per heavy atom. The van der Waals surface area contributed by atoms with Crippen LogP contribution in [-0.2, 0) is 14.3 Å². The molecule has 98 valence electrons. The SMILES string of the molecule is CCOC(=O)C(C)OC(=O)c1cc(N)cc(F)c1.